The second-order valence-electron chi connectivity index (χ2n) is 14.4. The molecule has 0 bridgehead atoms. The molecule has 3 saturated heterocycles. The average molecular weight is 573 g/mol. The molecule has 3 rings (SSSR count). The Morgan fingerprint density at radius 1 is 0.789 bits per heavy atom. The van der Waals surface area contributed by atoms with Crippen molar-refractivity contribution in [1.82, 2.24) is 0 Å². The van der Waals surface area contributed by atoms with Crippen LogP contribution in [-0.4, -0.2) is 82.5 Å². The Morgan fingerprint density at radius 3 is 1.79 bits per heavy atom. The fourth-order valence-electron chi connectivity index (χ4n) is 6.42. The van der Waals surface area contributed by atoms with Crippen molar-refractivity contribution in [1.29, 1.82) is 0 Å². The maximum absolute atomic E-state index is 9.33. The van der Waals surface area contributed by atoms with Gasteiger partial charge >= 0.3 is 0 Å². The monoisotopic (exact) mass is 572 g/mol. The van der Waals surface area contributed by atoms with Crippen molar-refractivity contribution in [2.24, 2.45) is 0 Å². The van der Waals surface area contributed by atoms with E-state index in [2.05, 4.69) is 53.1 Å². The minimum atomic E-state index is -1.83. The van der Waals surface area contributed by atoms with Crippen molar-refractivity contribution in [3.63, 3.8) is 0 Å². The van der Waals surface area contributed by atoms with Crippen LogP contribution in [0.5, 0.6) is 0 Å². The van der Waals surface area contributed by atoms with E-state index in [1.165, 1.54) is 0 Å². The lowest BCUT2D eigenvalue weighted by Crippen LogP contribution is -2.50. The molecule has 9 heteroatoms. The summed E-state index contributed by atoms with van der Waals surface area (Å²) in [6.45, 7) is 22.6. The van der Waals surface area contributed by atoms with Gasteiger partial charge in [-0.15, -0.1) is 0 Å². The second kappa shape index (κ2) is 12.4. The Balaban J connectivity index is 1.83. The third-order valence-electron chi connectivity index (χ3n) is 7.82. The lowest BCUT2D eigenvalue weighted by atomic mass is 9.89. The molecule has 3 aliphatic rings. The Hall–Kier alpha value is -0.106. The van der Waals surface area contributed by atoms with Gasteiger partial charge in [-0.05, 0) is 112 Å². The summed E-state index contributed by atoms with van der Waals surface area (Å²) in [5.74, 6) is -0.520. The highest BCUT2D eigenvalue weighted by atomic mass is 28.4. The summed E-state index contributed by atoms with van der Waals surface area (Å²) in [6.07, 6.45) is 9.73. The lowest BCUT2D eigenvalue weighted by Gasteiger charge is -2.42. The predicted octanol–water partition coefficient (Wildman–Crippen LogP) is 6.17. The van der Waals surface area contributed by atoms with Crippen molar-refractivity contribution in [2.45, 2.75) is 159 Å². The van der Waals surface area contributed by atoms with Crippen LogP contribution in [0.1, 0.15) is 72.6 Å². The molecule has 3 fully saturated rings. The zero-order chi connectivity index (χ0) is 28.4. The SMILES string of the molecule is CC1(C)OCC(CC[C@H]2O[C@H]3CC[C@@](C)(O[Si](C)(C)C)[C@H](C/C=C/CO)O[C@@H]3CC[C@]2(C)O[Si](C)(C)C)O1. The summed E-state index contributed by atoms with van der Waals surface area (Å²) < 4.78 is 39.6. The maximum atomic E-state index is 9.33. The molecular weight excluding hydrogens is 516 g/mol. The third kappa shape index (κ3) is 9.21. The van der Waals surface area contributed by atoms with Gasteiger partial charge in [-0.25, -0.2) is 0 Å². The van der Waals surface area contributed by atoms with E-state index in [1.54, 1.807) is 6.08 Å². The van der Waals surface area contributed by atoms with Gasteiger partial charge in [0.15, 0.2) is 22.4 Å². The van der Waals surface area contributed by atoms with Gasteiger partial charge < -0.3 is 32.9 Å². The van der Waals surface area contributed by atoms with Crippen molar-refractivity contribution in [3.05, 3.63) is 12.2 Å². The lowest BCUT2D eigenvalue weighted by molar-refractivity contribution is -0.154. The van der Waals surface area contributed by atoms with Crippen LogP contribution in [0.3, 0.4) is 0 Å². The molecule has 3 heterocycles. The maximum Gasteiger partial charge on any atom is 0.184 e. The van der Waals surface area contributed by atoms with Crippen LogP contribution in [0.4, 0.5) is 0 Å². The summed E-state index contributed by atoms with van der Waals surface area (Å²) >= 11 is 0. The van der Waals surface area contributed by atoms with Gasteiger partial charge in [-0.3, -0.25) is 0 Å². The third-order valence-corrected chi connectivity index (χ3v) is 9.98. The van der Waals surface area contributed by atoms with Crippen molar-refractivity contribution in [3.8, 4) is 0 Å². The minimum absolute atomic E-state index is 0.0133. The normalized spacial score (nSPS) is 38.7. The predicted molar refractivity (Wildman–Crippen MR) is 156 cm³/mol. The van der Waals surface area contributed by atoms with E-state index in [9.17, 15) is 5.11 Å². The highest BCUT2D eigenvalue weighted by Crippen LogP contribution is 2.43. The summed E-state index contributed by atoms with van der Waals surface area (Å²) in [6, 6.07) is 0. The van der Waals surface area contributed by atoms with Crippen molar-refractivity contribution in [2.75, 3.05) is 13.2 Å². The van der Waals surface area contributed by atoms with E-state index < -0.39 is 28.0 Å². The molecule has 3 aliphatic heterocycles. The molecule has 0 amide bonds. The topological polar surface area (TPSA) is 75.6 Å². The molecule has 0 spiro atoms. The van der Waals surface area contributed by atoms with E-state index in [0.717, 1.165) is 38.5 Å². The largest absolute Gasteiger partial charge is 0.410 e. The van der Waals surface area contributed by atoms with Crippen LogP contribution in [0, 0.1) is 0 Å². The molecule has 0 aromatic heterocycles. The van der Waals surface area contributed by atoms with Crippen molar-refractivity contribution < 1.29 is 32.9 Å². The van der Waals surface area contributed by atoms with E-state index in [1.807, 2.05) is 19.9 Å². The molecule has 0 aromatic rings. The van der Waals surface area contributed by atoms with E-state index in [-0.39, 0.29) is 42.7 Å². The molecule has 0 aromatic carbocycles. The molecule has 38 heavy (non-hydrogen) atoms. The van der Waals surface area contributed by atoms with Crippen LogP contribution < -0.4 is 0 Å². The fourth-order valence-corrected chi connectivity index (χ4v) is 9.69. The first kappa shape index (κ1) is 32.4. The van der Waals surface area contributed by atoms with Gasteiger partial charge in [0.25, 0.3) is 0 Å². The molecule has 0 saturated carbocycles. The molecule has 222 valence electrons. The first-order valence-electron chi connectivity index (χ1n) is 14.7. The molecule has 1 N–H and O–H groups in total. The fraction of sp³-hybridized carbons (Fsp3) is 0.931. The first-order valence-corrected chi connectivity index (χ1v) is 21.5. The van der Waals surface area contributed by atoms with Gasteiger partial charge in [0, 0.05) is 0 Å². The van der Waals surface area contributed by atoms with Crippen molar-refractivity contribution >= 4 is 16.6 Å². The molecule has 0 aliphatic carbocycles. The van der Waals surface area contributed by atoms with Crippen LogP contribution in [0.2, 0.25) is 39.3 Å². The Labute approximate surface area is 234 Å². The molecule has 7 nitrogen and oxygen atoms in total. The van der Waals surface area contributed by atoms with Gasteiger partial charge in [-0.1, -0.05) is 12.2 Å². The zero-order valence-corrected chi connectivity index (χ0v) is 27.8. The zero-order valence-electron chi connectivity index (χ0n) is 25.8. The number of hydrogen-bond donors (Lipinski definition) is 1. The summed E-state index contributed by atoms with van der Waals surface area (Å²) in [5, 5.41) is 9.33. The van der Waals surface area contributed by atoms with E-state index >= 15 is 0 Å². The quantitative estimate of drug-likeness (QED) is 0.248. The van der Waals surface area contributed by atoms with Crippen LogP contribution >= 0.6 is 0 Å². The summed E-state index contributed by atoms with van der Waals surface area (Å²) in [7, 11) is -3.66. The standard InChI is InChI=1S/C29H56O7Si2/c1-27(2)31-21-22(34-27)14-15-26-29(4,36-38(8,9)10)19-17-23-24(33-26)16-18-28(3,35-37(5,6)7)25(32-23)13-11-12-20-30/h11-12,22-26,30H,13-21H2,1-10H3/b12-11+/t22?,23-,24+,25+,26-,28-,29+/m1/s1. The van der Waals surface area contributed by atoms with Gasteiger partial charge in [0.05, 0.1) is 54.9 Å². The van der Waals surface area contributed by atoms with Crippen LogP contribution in [0.15, 0.2) is 12.2 Å². The number of hydrogen-bond acceptors (Lipinski definition) is 7. The highest BCUT2D eigenvalue weighted by molar-refractivity contribution is 6.70. The molecule has 7 atom stereocenters. The number of aliphatic hydroxyl groups is 1. The van der Waals surface area contributed by atoms with Gasteiger partial charge in [-0.2, -0.15) is 0 Å². The second-order valence-corrected chi connectivity index (χ2v) is 23.2. The summed E-state index contributed by atoms with van der Waals surface area (Å²) in [5.41, 5.74) is -0.770. The Bertz CT molecular complexity index is 793. The average Bonchev–Trinajstić information content (AvgIpc) is 2.97. The first-order chi connectivity index (χ1) is 17.4. The number of fused-ring (bicyclic) bond motifs is 1. The van der Waals surface area contributed by atoms with Crippen LogP contribution in [0.25, 0.3) is 0 Å². The minimum Gasteiger partial charge on any atom is -0.410 e. The number of aliphatic hydroxyl groups excluding tert-OH is 1. The summed E-state index contributed by atoms with van der Waals surface area (Å²) in [4.78, 5) is 0. The highest BCUT2D eigenvalue weighted by Gasteiger charge is 2.50. The molecule has 0 radical (unpaired) electrons. The van der Waals surface area contributed by atoms with Crippen LogP contribution in [-0.2, 0) is 27.8 Å². The van der Waals surface area contributed by atoms with Gasteiger partial charge in [0.1, 0.15) is 0 Å². The molecule has 1 unspecified atom stereocenters. The van der Waals surface area contributed by atoms with E-state index in [0.29, 0.717) is 13.0 Å². The molecular formula is C29H56O7Si2. The number of rotatable bonds is 10. The van der Waals surface area contributed by atoms with E-state index in [4.69, 9.17) is 27.8 Å². The Morgan fingerprint density at radius 2 is 1.32 bits per heavy atom. The smallest absolute Gasteiger partial charge is 0.184 e. The van der Waals surface area contributed by atoms with Gasteiger partial charge in [0.2, 0.25) is 0 Å². The number of ether oxygens (including phenoxy) is 4. The Kier molecular flexibility index (Phi) is 10.6.